The first-order chi connectivity index (χ1) is 18.5. The van der Waals surface area contributed by atoms with Crippen LogP contribution in [0.1, 0.15) is 60.4 Å². The zero-order valence-corrected chi connectivity index (χ0v) is 22.3. The van der Waals surface area contributed by atoms with Crippen LogP contribution in [0.4, 0.5) is 11.4 Å². The number of aryl methyl sites for hydroxylation is 2. The number of nitrogens with one attached hydrogen (secondary N) is 2. The van der Waals surface area contributed by atoms with Gasteiger partial charge in [-0.05, 0) is 62.1 Å². The van der Waals surface area contributed by atoms with Crippen molar-refractivity contribution in [1.29, 1.82) is 0 Å². The summed E-state index contributed by atoms with van der Waals surface area (Å²) >= 11 is 0. The van der Waals surface area contributed by atoms with E-state index < -0.39 is 0 Å². The Hall–Kier alpha value is -3.59. The normalized spacial score (nSPS) is 18.4. The van der Waals surface area contributed by atoms with Crippen LogP contribution >= 0.6 is 0 Å². The molecule has 9 heteroatoms. The van der Waals surface area contributed by atoms with Gasteiger partial charge in [0, 0.05) is 74.2 Å². The molecule has 0 unspecified atom stereocenters. The molecule has 2 saturated carbocycles. The van der Waals surface area contributed by atoms with Crippen LogP contribution in [0.15, 0.2) is 30.6 Å². The number of hydrogen-bond acceptors (Lipinski definition) is 6. The first-order valence-corrected chi connectivity index (χ1v) is 13.8. The van der Waals surface area contributed by atoms with Crippen molar-refractivity contribution in [1.82, 2.24) is 24.9 Å². The largest absolute Gasteiger partial charge is 0.494 e. The zero-order chi connectivity index (χ0) is 26.0. The van der Waals surface area contributed by atoms with Gasteiger partial charge in [-0.25, -0.2) is 0 Å². The van der Waals surface area contributed by atoms with Crippen molar-refractivity contribution in [3.05, 3.63) is 41.7 Å². The first kappa shape index (κ1) is 23.5. The number of ether oxygens (including phenoxy) is 1. The van der Waals surface area contributed by atoms with Gasteiger partial charge in [-0.2, -0.15) is 10.2 Å². The van der Waals surface area contributed by atoms with E-state index in [9.17, 15) is 4.79 Å². The smallest absolute Gasteiger partial charge is 0.258 e. The maximum Gasteiger partial charge on any atom is 0.258 e. The van der Waals surface area contributed by atoms with Gasteiger partial charge >= 0.3 is 0 Å². The molecule has 1 aliphatic heterocycles. The van der Waals surface area contributed by atoms with Crippen molar-refractivity contribution in [2.45, 2.75) is 56.5 Å². The lowest BCUT2D eigenvalue weighted by molar-refractivity contribution is 0.102. The van der Waals surface area contributed by atoms with Crippen LogP contribution in [-0.2, 0) is 14.1 Å². The Morgan fingerprint density at radius 3 is 2.39 bits per heavy atom. The Balaban J connectivity index is 1.25. The maximum absolute atomic E-state index is 14.0. The third-order valence-corrected chi connectivity index (χ3v) is 8.24. The van der Waals surface area contributed by atoms with E-state index in [1.807, 2.05) is 37.1 Å². The van der Waals surface area contributed by atoms with Crippen molar-refractivity contribution in [3.8, 4) is 5.75 Å². The van der Waals surface area contributed by atoms with Crippen molar-refractivity contribution in [2.75, 3.05) is 30.4 Å². The summed E-state index contributed by atoms with van der Waals surface area (Å²) in [7, 11) is 5.44. The number of anilines is 2. The van der Waals surface area contributed by atoms with E-state index in [0.29, 0.717) is 29.0 Å². The highest BCUT2D eigenvalue weighted by molar-refractivity contribution is 6.16. The van der Waals surface area contributed by atoms with Gasteiger partial charge in [0.05, 0.1) is 23.9 Å². The number of aromatic nitrogens is 4. The summed E-state index contributed by atoms with van der Waals surface area (Å²) in [5, 5.41) is 18.3. The minimum absolute atomic E-state index is 0.143. The number of hydrogen-bond donors (Lipinski definition) is 2. The third kappa shape index (κ3) is 4.28. The Morgan fingerprint density at radius 2 is 1.68 bits per heavy atom. The maximum atomic E-state index is 14.0. The van der Waals surface area contributed by atoms with Crippen LogP contribution in [0.5, 0.6) is 5.75 Å². The second-order valence-electron chi connectivity index (χ2n) is 11.3. The van der Waals surface area contributed by atoms with Gasteiger partial charge in [-0.15, -0.1) is 0 Å². The van der Waals surface area contributed by atoms with E-state index in [0.717, 1.165) is 72.2 Å². The highest BCUT2D eigenvalue weighted by Crippen LogP contribution is 2.46. The minimum Gasteiger partial charge on any atom is -0.494 e. The molecule has 0 radical (unpaired) electrons. The molecule has 2 N–H and O–H groups in total. The molecule has 9 nitrogen and oxygen atoms in total. The second kappa shape index (κ2) is 9.01. The average Bonchev–Trinajstić information content (AvgIpc) is 3.83. The number of carbonyl (C=O) groups excluding carboxylic acids is 1. The Bertz CT molecular complexity index is 1540. The molecule has 3 aliphatic rings. The summed E-state index contributed by atoms with van der Waals surface area (Å²) in [4.78, 5) is 16.5. The fourth-order valence-corrected chi connectivity index (χ4v) is 6.01. The number of benzene rings is 2. The quantitative estimate of drug-likeness (QED) is 0.383. The van der Waals surface area contributed by atoms with Gasteiger partial charge in [-0.3, -0.25) is 14.2 Å². The van der Waals surface area contributed by atoms with Crippen molar-refractivity contribution in [3.63, 3.8) is 0 Å². The molecule has 7 rings (SSSR count). The van der Waals surface area contributed by atoms with Gasteiger partial charge in [0.1, 0.15) is 11.3 Å². The number of amides is 1. The first-order valence-electron chi connectivity index (χ1n) is 13.8. The van der Waals surface area contributed by atoms with Crippen molar-refractivity contribution < 1.29 is 9.53 Å². The fraction of sp³-hybridized carbons (Fsp3) is 0.483. The van der Waals surface area contributed by atoms with Gasteiger partial charge < -0.3 is 20.3 Å². The highest BCUT2D eigenvalue weighted by atomic mass is 16.5. The number of nitrogens with zero attached hydrogens (tertiary/aromatic N) is 5. The molecule has 3 fully saturated rings. The van der Waals surface area contributed by atoms with Crippen molar-refractivity contribution in [2.24, 2.45) is 14.1 Å². The monoisotopic (exact) mass is 513 g/mol. The molecule has 198 valence electrons. The summed E-state index contributed by atoms with van der Waals surface area (Å²) in [6.07, 6.45) is 11.2. The molecule has 0 atom stereocenters. The lowest BCUT2D eigenvalue weighted by Gasteiger charge is -2.35. The molecule has 3 heterocycles. The van der Waals surface area contributed by atoms with Crippen LogP contribution in [-0.4, -0.2) is 57.8 Å². The Labute approximate surface area is 222 Å². The van der Waals surface area contributed by atoms with E-state index in [1.165, 1.54) is 18.5 Å². The molecule has 0 spiro atoms. The summed E-state index contributed by atoms with van der Waals surface area (Å²) in [6, 6.07) is 7.44. The molecule has 2 aliphatic carbocycles. The van der Waals surface area contributed by atoms with Gasteiger partial charge in [0.2, 0.25) is 0 Å². The number of fused-ring (bicyclic) bond motifs is 2. The molecule has 38 heavy (non-hydrogen) atoms. The van der Waals surface area contributed by atoms with Gasteiger partial charge in [-0.1, -0.05) is 0 Å². The molecule has 0 bridgehead atoms. The lowest BCUT2D eigenvalue weighted by Crippen LogP contribution is -2.43. The molecule has 1 amide bonds. The van der Waals surface area contributed by atoms with Crippen molar-refractivity contribution >= 4 is 39.1 Å². The molecular formula is C29H35N7O2. The van der Waals surface area contributed by atoms with Crippen LogP contribution in [0.2, 0.25) is 0 Å². The summed E-state index contributed by atoms with van der Waals surface area (Å²) in [5.41, 5.74) is 5.26. The minimum atomic E-state index is -0.143. The van der Waals surface area contributed by atoms with Crippen LogP contribution in [0.25, 0.3) is 21.8 Å². The number of methoxy groups -OCH3 is 1. The molecule has 1 saturated heterocycles. The predicted molar refractivity (Wildman–Crippen MR) is 149 cm³/mol. The number of carbonyl (C=O) groups is 1. The molecule has 2 aromatic heterocycles. The zero-order valence-electron chi connectivity index (χ0n) is 22.3. The fourth-order valence-electron chi connectivity index (χ4n) is 6.01. The summed E-state index contributed by atoms with van der Waals surface area (Å²) in [6.45, 7) is 2.04. The summed E-state index contributed by atoms with van der Waals surface area (Å²) in [5.74, 6) is 0.850. The number of rotatable bonds is 7. The SMILES string of the molecule is COc1cc2nn(C)cc2cc1NC(=O)c1c(C2CC2)cc(N2CCC(NC3CC3)CC2)c2cn(C)nc12. The molecule has 2 aromatic carbocycles. The molecular weight excluding hydrogens is 478 g/mol. The lowest BCUT2D eigenvalue weighted by atomic mass is 9.96. The van der Waals surface area contributed by atoms with E-state index in [1.54, 1.807) is 11.8 Å². The van der Waals surface area contributed by atoms with E-state index in [-0.39, 0.29) is 5.91 Å². The van der Waals surface area contributed by atoms with Crippen LogP contribution in [0, 0.1) is 0 Å². The number of piperidine rings is 1. The Kier molecular flexibility index (Phi) is 5.58. The van der Waals surface area contributed by atoms with E-state index in [4.69, 9.17) is 9.84 Å². The van der Waals surface area contributed by atoms with Gasteiger partial charge in [0.15, 0.2) is 0 Å². The summed E-state index contributed by atoms with van der Waals surface area (Å²) < 4.78 is 9.22. The van der Waals surface area contributed by atoms with E-state index in [2.05, 4.69) is 32.9 Å². The molecule has 4 aromatic rings. The van der Waals surface area contributed by atoms with Crippen LogP contribution in [0.3, 0.4) is 0 Å². The Morgan fingerprint density at radius 1 is 0.947 bits per heavy atom. The van der Waals surface area contributed by atoms with E-state index >= 15 is 0 Å². The topological polar surface area (TPSA) is 89.2 Å². The second-order valence-corrected chi connectivity index (χ2v) is 11.3. The van der Waals surface area contributed by atoms with Crippen LogP contribution < -0.4 is 20.3 Å². The average molecular weight is 514 g/mol. The van der Waals surface area contributed by atoms with Gasteiger partial charge in [0.25, 0.3) is 5.91 Å². The highest BCUT2D eigenvalue weighted by Gasteiger charge is 2.34. The predicted octanol–water partition coefficient (Wildman–Crippen LogP) is 4.32. The third-order valence-electron chi connectivity index (χ3n) is 8.24. The standard InChI is InChI=1S/C29H35N7O2/c1-34-15-18-12-24(26(38-3)14-23(18)32-34)31-29(37)27-21(17-4-5-17)13-25(22-16-35(2)33-28(22)27)36-10-8-20(9-11-36)30-19-6-7-19/h12-17,19-20,30H,4-11H2,1-3H3,(H,31,37).